The van der Waals surface area contributed by atoms with Crippen LogP contribution in [0.25, 0.3) is 0 Å². The van der Waals surface area contributed by atoms with Gasteiger partial charge in [0.05, 0.1) is 5.02 Å². The van der Waals surface area contributed by atoms with Crippen LogP contribution < -0.4 is 10.6 Å². The van der Waals surface area contributed by atoms with E-state index in [1.165, 1.54) is 0 Å². The SMILES string of the molecule is CC(C)(C)[C@@H](NC(=O)Nc1ccc(Br)c(Cl)c1)C(=O)O. The van der Waals surface area contributed by atoms with Crippen LogP contribution in [-0.2, 0) is 4.79 Å². The number of aliphatic carboxylic acids is 1. The Morgan fingerprint density at radius 2 is 1.95 bits per heavy atom. The van der Waals surface area contributed by atoms with Crippen molar-refractivity contribution in [2.75, 3.05) is 5.32 Å². The highest BCUT2D eigenvalue weighted by Gasteiger charge is 2.32. The maximum absolute atomic E-state index is 11.8. The van der Waals surface area contributed by atoms with Crippen LogP contribution in [0.5, 0.6) is 0 Å². The average Bonchev–Trinajstić information content (AvgIpc) is 2.29. The molecule has 1 aromatic rings. The van der Waals surface area contributed by atoms with Gasteiger partial charge in [-0.05, 0) is 39.5 Å². The molecule has 0 bridgehead atoms. The summed E-state index contributed by atoms with van der Waals surface area (Å²) in [6.07, 6.45) is 0. The molecule has 0 aliphatic heterocycles. The smallest absolute Gasteiger partial charge is 0.326 e. The van der Waals surface area contributed by atoms with E-state index in [0.717, 1.165) is 0 Å². The summed E-state index contributed by atoms with van der Waals surface area (Å²) in [4.78, 5) is 23.0. The molecule has 0 saturated heterocycles. The highest BCUT2D eigenvalue weighted by molar-refractivity contribution is 9.10. The van der Waals surface area contributed by atoms with Gasteiger partial charge in [0.25, 0.3) is 0 Å². The molecule has 7 heteroatoms. The first kappa shape index (κ1) is 16.8. The van der Waals surface area contributed by atoms with Crippen LogP contribution in [0.4, 0.5) is 10.5 Å². The average molecular weight is 364 g/mol. The van der Waals surface area contributed by atoms with Gasteiger partial charge in [0.2, 0.25) is 0 Å². The zero-order chi connectivity index (χ0) is 15.5. The number of hydrogen-bond donors (Lipinski definition) is 3. The Labute approximate surface area is 130 Å². The minimum atomic E-state index is -1.08. The van der Waals surface area contributed by atoms with Gasteiger partial charge in [0, 0.05) is 10.2 Å². The molecule has 0 spiro atoms. The van der Waals surface area contributed by atoms with Crippen LogP contribution >= 0.6 is 27.5 Å². The Hall–Kier alpha value is -1.27. The lowest BCUT2D eigenvalue weighted by Crippen LogP contribution is -2.50. The third-order valence-electron chi connectivity index (χ3n) is 2.57. The first-order chi connectivity index (χ1) is 9.11. The molecule has 3 N–H and O–H groups in total. The number of anilines is 1. The van der Waals surface area contributed by atoms with Crippen molar-refractivity contribution in [2.24, 2.45) is 5.41 Å². The second kappa shape index (κ2) is 6.45. The molecule has 0 aromatic heterocycles. The van der Waals surface area contributed by atoms with Crippen molar-refractivity contribution in [3.8, 4) is 0 Å². The summed E-state index contributed by atoms with van der Waals surface area (Å²) in [6, 6.07) is 3.33. The molecule has 0 unspecified atom stereocenters. The summed E-state index contributed by atoms with van der Waals surface area (Å²) < 4.78 is 0.711. The second-order valence-electron chi connectivity index (χ2n) is 5.36. The van der Waals surface area contributed by atoms with Gasteiger partial charge in [0.1, 0.15) is 6.04 Å². The molecule has 110 valence electrons. The van der Waals surface area contributed by atoms with Gasteiger partial charge >= 0.3 is 12.0 Å². The number of halogens is 2. The number of carbonyl (C=O) groups is 2. The van der Waals surface area contributed by atoms with E-state index in [0.29, 0.717) is 15.2 Å². The normalized spacial score (nSPS) is 12.7. The van der Waals surface area contributed by atoms with Gasteiger partial charge in [-0.3, -0.25) is 0 Å². The van der Waals surface area contributed by atoms with Crippen LogP contribution in [0.2, 0.25) is 5.02 Å². The summed E-state index contributed by atoms with van der Waals surface area (Å²) in [5.74, 6) is -1.08. The van der Waals surface area contributed by atoms with Crippen molar-refractivity contribution >= 4 is 45.2 Å². The Balaban J connectivity index is 2.76. The van der Waals surface area contributed by atoms with Crippen molar-refractivity contribution in [3.63, 3.8) is 0 Å². The zero-order valence-electron chi connectivity index (χ0n) is 11.3. The maximum Gasteiger partial charge on any atom is 0.326 e. The first-order valence-electron chi connectivity index (χ1n) is 5.86. The molecule has 0 aliphatic carbocycles. The molecule has 0 aliphatic rings. The van der Waals surface area contributed by atoms with Crippen molar-refractivity contribution in [1.82, 2.24) is 5.32 Å². The number of carboxylic acids is 1. The van der Waals surface area contributed by atoms with Crippen molar-refractivity contribution in [1.29, 1.82) is 0 Å². The third-order valence-corrected chi connectivity index (χ3v) is 3.80. The lowest BCUT2D eigenvalue weighted by Gasteiger charge is -2.27. The number of benzene rings is 1. The van der Waals surface area contributed by atoms with Crippen LogP contribution in [0.3, 0.4) is 0 Å². The molecule has 20 heavy (non-hydrogen) atoms. The van der Waals surface area contributed by atoms with E-state index >= 15 is 0 Å². The van der Waals surface area contributed by atoms with E-state index in [1.807, 2.05) is 0 Å². The van der Waals surface area contributed by atoms with Crippen molar-refractivity contribution in [3.05, 3.63) is 27.7 Å². The molecule has 0 fully saturated rings. The number of urea groups is 1. The number of carbonyl (C=O) groups excluding carboxylic acids is 1. The summed E-state index contributed by atoms with van der Waals surface area (Å²) in [6.45, 7) is 5.22. The fourth-order valence-corrected chi connectivity index (χ4v) is 1.95. The van der Waals surface area contributed by atoms with E-state index in [9.17, 15) is 9.59 Å². The predicted molar refractivity (Wildman–Crippen MR) is 82.2 cm³/mol. The predicted octanol–water partition coefficient (Wildman–Crippen LogP) is 3.72. The van der Waals surface area contributed by atoms with Gasteiger partial charge in [-0.15, -0.1) is 0 Å². The van der Waals surface area contributed by atoms with Crippen LogP contribution in [0.1, 0.15) is 20.8 Å². The highest BCUT2D eigenvalue weighted by atomic mass is 79.9. The molecule has 5 nitrogen and oxygen atoms in total. The molecule has 2 amide bonds. The Bertz CT molecular complexity index is 529. The number of carboxylic acid groups (broad SMARTS) is 1. The third kappa shape index (κ3) is 4.68. The molecule has 1 rings (SSSR count). The standard InChI is InChI=1S/C13H16BrClN2O3/c1-13(2,3)10(11(18)19)17-12(20)16-7-4-5-8(14)9(15)6-7/h4-6,10H,1-3H3,(H,18,19)(H2,16,17,20)/t10-/m0/s1. The lowest BCUT2D eigenvalue weighted by molar-refractivity contribution is -0.141. The molecule has 0 saturated carbocycles. The summed E-state index contributed by atoms with van der Waals surface area (Å²) in [7, 11) is 0. The number of hydrogen-bond acceptors (Lipinski definition) is 2. The number of rotatable bonds is 3. The van der Waals surface area contributed by atoms with Gasteiger partial charge in [-0.25, -0.2) is 9.59 Å². The van der Waals surface area contributed by atoms with E-state index in [-0.39, 0.29) is 0 Å². The largest absolute Gasteiger partial charge is 0.480 e. The molecule has 0 heterocycles. The fourth-order valence-electron chi connectivity index (χ4n) is 1.52. The number of amides is 2. The minimum absolute atomic E-state index is 0.452. The molecule has 1 atom stereocenters. The molecular weight excluding hydrogens is 348 g/mol. The van der Waals surface area contributed by atoms with E-state index in [1.54, 1.807) is 39.0 Å². The van der Waals surface area contributed by atoms with Gasteiger partial charge in [-0.2, -0.15) is 0 Å². The summed E-state index contributed by atoms with van der Waals surface area (Å²) in [5, 5.41) is 14.6. The molecular formula is C13H16BrClN2O3. The fraction of sp³-hybridized carbons (Fsp3) is 0.385. The van der Waals surface area contributed by atoms with Gasteiger partial charge in [-0.1, -0.05) is 32.4 Å². The van der Waals surface area contributed by atoms with Crippen molar-refractivity contribution in [2.45, 2.75) is 26.8 Å². The topological polar surface area (TPSA) is 78.4 Å². The van der Waals surface area contributed by atoms with Crippen LogP contribution in [0.15, 0.2) is 22.7 Å². The zero-order valence-corrected chi connectivity index (χ0v) is 13.7. The Morgan fingerprint density at radius 3 is 2.40 bits per heavy atom. The maximum atomic E-state index is 11.8. The van der Waals surface area contributed by atoms with Crippen LogP contribution in [-0.4, -0.2) is 23.1 Å². The van der Waals surface area contributed by atoms with Crippen LogP contribution in [0, 0.1) is 5.41 Å². The molecule has 1 aromatic carbocycles. The quantitative estimate of drug-likeness (QED) is 0.766. The first-order valence-corrected chi connectivity index (χ1v) is 7.03. The van der Waals surface area contributed by atoms with Crippen molar-refractivity contribution < 1.29 is 14.7 Å². The van der Waals surface area contributed by atoms with Gasteiger partial charge < -0.3 is 15.7 Å². The lowest BCUT2D eigenvalue weighted by atomic mass is 9.87. The van der Waals surface area contributed by atoms with Gasteiger partial charge in [0.15, 0.2) is 0 Å². The molecule has 0 radical (unpaired) electrons. The Kier molecular flexibility index (Phi) is 5.42. The summed E-state index contributed by atoms with van der Waals surface area (Å²) >= 11 is 9.16. The van der Waals surface area contributed by atoms with E-state index in [4.69, 9.17) is 16.7 Å². The monoisotopic (exact) mass is 362 g/mol. The van der Waals surface area contributed by atoms with E-state index < -0.39 is 23.5 Å². The second-order valence-corrected chi connectivity index (χ2v) is 6.63. The minimum Gasteiger partial charge on any atom is -0.480 e. The highest BCUT2D eigenvalue weighted by Crippen LogP contribution is 2.25. The number of nitrogens with one attached hydrogen (secondary N) is 2. The van der Waals surface area contributed by atoms with E-state index in [2.05, 4.69) is 26.6 Å². The summed E-state index contributed by atoms with van der Waals surface area (Å²) in [5.41, 5.74) is -0.116. The Morgan fingerprint density at radius 1 is 1.35 bits per heavy atom.